The van der Waals surface area contributed by atoms with E-state index < -0.39 is 0 Å². The molecule has 3 heterocycles. The van der Waals surface area contributed by atoms with Gasteiger partial charge in [0.2, 0.25) is 0 Å². The fourth-order valence-corrected chi connectivity index (χ4v) is 2.98. The van der Waals surface area contributed by atoms with Gasteiger partial charge in [-0.25, -0.2) is 9.37 Å². The van der Waals surface area contributed by atoms with Crippen LogP contribution in [0.1, 0.15) is 6.92 Å². The number of anilines is 1. The molecule has 0 saturated carbocycles. The van der Waals surface area contributed by atoms with Crippen molar-refractivity contribution in [1.29, 1.82) is 0 Å². The van der Waals surface area contributed by atoms with Gasteiger partial charge in [0.05, 0.1) is 24.0 Å². The van der Waals surface area contributed by atoms with E-state index in [0.717, 1.165) is 38.5 Å². The molecule has 3 rings (SSSR count). The molecule has 2 aromatic rings. The summed E-state index contributed by atoms with van der Waals surface area (Å²) in [4.78, 5) is 8.80. The number of rotatable bonds is 4. The summed E-state index contributed by atoms with van der Waals surface area (Å²) in [5, 5.41) is 4.86. The molecular weight excluding hydrogens is 305 g/mol. The van der Waals surface area contributed by atoms with Crippen molar-refractivity contribution in [3.63, 3.8) is 0 Å². The SMILES string of the molecule is CC1CN(CCn2cc(Cl)cn2)CCN1c1ccc(F)cn1. The summed E-state index contributed by atoms with van der Waals surface area (Å²) in [5.74, 6) is 0.542. The molecule has 5 nitrogen and oxygen atoms in total. The van der Waals surface area contributed by atoms with Crippen molar-refractivity contribution in [3.05, 3.63) is 41.6 Å². The van der Waals surface area contributed by atoms with Crippen LogP contribution >= 0.6 is 11.6 Å². The van der Waals surface area contributed by atoms with Crippen LogP contribution in [0.25, 0.3) is 0 Å². The highest BCUT2D eigenvalue weighted by molar-refractivity contribution is 6.30. The van der Waals surface area contributed by atoms with E-state index in [9.17, 15) is 4.39 Å². The van der Waals surface area contributed by atoms with Crippen LogP contribution in [0, 0.1) is 5.82 Å². The first-order valence-corrected chi connectivity index (χ1v) is 7.78. The quantitative estimate of drug-likeness (QED) is 0.865. The largest absolute Gasteiger partial charge is 0.351 e. The molecule has 1 unspecified atom stereocenters. The smallest absolute Gasteiger partial charge is 0.141 e. The maximum Gasteiger partial charge on any atom is 0.141 e. The van der Waals surface area contributed by atoms with E-state index in [-0.39, 0.29) is 5.82 Å². The Morgan fingerprint density at radius 2 is 2.14 bits per heavy atom. The van der Waals surface area contributed by atoms with Gasteiger partial charge in [0.1, 0.15) is 11.6 Å². The molecule has 1 aliphatic heterocycles. The van der Waals surface area contributed by atoms with Gasteiger partial charge < -0.3 is 4.90 Å². The third-order valence-electron chi connectivity index (χ3n) is 3.96. The van der Waals surface area contributed by atoms with Crippen LogP contribution in [0.4, 0.5) is 10.2 Å². The third-order valence-corrected chi connectivity index (χ3v) is 4.16. The van der Waals surface area contributed by atoms with Gasteiger partial charge >= 0.3 is 0 Å². The first-order valence-electron chi connectivity index (χ1n) is 7.40. The molecule has 0 N–H and O–H groups in total. The highest BCUT2D eigenvalue weighted by Gasteiger charge is 2.24. The lowest BCUT2D eigenvalue weighted by Crippen LogP contribution is -2.52. The molecule has 0 amide bonds. The van der Waals surface area contributed by atoms with Crippen LogP contribution in [-0.4, -0.2) is 51.9 Å². The highest BCUT2D eigenvalue weighted by atomic mass is 35.5. The fraction of sp³-hybridized carbons (Fsp3) is 0.467. The van der Waals surface area contributed by atoms with E-state index >= 15 is 0 Å². The van der Waals surface area contributed by atoms with Crippen molar-refractivity contribution in [3.8, 4) is 0 Å². The molecule has 1 atom stereocenters. The number of piperazine rings is 1. The fourth-order valence-electron chi connectivity index (χ4n) is 2.82. The maximum atomic E-state index is 13.0. The van der Waals surface area contributed by atoms with E-state index in [2.05, 4.69) is 26.8 Å². The lowest BCUT2D eigenvalue weighted by molar-refractivity contribution is 0.217. The maximum absolute atomic E-state index is 13.0. The van der Waals surface area contributed by atoms with Crippen LogP contribution in [0.15, 0.2) is 30.7 Å². The number of hydrogen-bond donors (Lipinski definition) is 0. The molecule has 7 heteroatoms. The first kappa shape index (κ1) is 15.2. The van der Waals surface area contributed by atoms with Crippen LogP contribution in [0.5, 0.6) is 0 Å². The Hall–Kier alpha value is -1.66. The van der Waals surface area contributed by atoms with E-state index in [4.69, 9.17) is 11.6 Å². The molecule has 22 heavy (non-hydrogen) atoms. The number of hydrogen-bond acceptors (Lipinski definition) is 4. The lowest BCUT2D eigenvalue weighted by atomic mass is 10.2. The van der Waals surface area contributed by atoms with Gasteiger partial charge in [0.15, 0.2) is 0 Å². The third kappa shape index (κ3) is 3.56. The average Bonchev–Trinajstić information content (AvgIpc) is 2.92. The van der Waals surface area contributed by atoms with Gasteiger partial charge in [0.25, 0.3) is 0 Å². The summed E-state index contributed by atoms with van der Waals surface area (Å²) in [5.41, 5.74) is 0. The molecule has 0 radical (unpaired) electrons. The Morgan fingerprint density at radius 1 is 1.27 bits per heavy atom. The molecule has 118 valence electrons. The summed E-state index contributed by atoms with van der Waals surface area (Å²) in [6, 6.07) is 3.55. The Morgan fingerprint density at radius 3 is 2.77 bits per heavy atom. The molecule has 0 aliphatic carbocycles. The zero-order chi connectivity index (χ0) is 15.5. The number of nitrogens with zero attached hydrogens (tertiary/aromatic N) is 5. The van der Waals surface area contributed by atoms with Crippen molar-refractivity contribution in [2.45, 2.75) is 19.5 Å². The van der Waals surface area contributed by atoms with Crippen molar-refractivity contribution >= 4 is 17.4 Å². The average molecular weight is 324 g/mol. The molecule has 2 aromatic heterocycles. The molecule has 1 saturated heterocycles. The minimum Gasteiger partial charge on any atom is -0.351 e. The normalized spacial score (nSPS) is 19.6. The first-order chi connectivity index (χ1) is 10.6. The Bertz CT molecular complexity index is 615. The van der Waals surface area contributed by atoms with Gasteiger partial charge in [0, 0.05) is 38.4 Å². The monoisotopic (exact) mass is 323 g/mol. The van der Waals surface area contributed by atoms with Gasteiger partial charge in [-0.3, -0.25) is 9.58 Å². The van der Waals surface area contributed by atoms with Gasteiger partial charge in [-0.15, -0.1) is 0 Å². The summed E-state index contributed by atoms with van der Waals surface area (Å²) >= 11 is 5.87. The highest BCUT2D eigenvalue weighted by Crippen LogP contribution is 2.18. The lowest BCUT2D eigenvalue weighted by Gasteiger charge is -2.40. The minimum absolute atomic E-state index is 0.298. The molecule has 0 spiro atoms. The van der Waals surface area contributed by atoms with Crippen LogP contribution in [-0.2, 0) is 6.54 Å². The van der Waals surface area contributed by atoms with Crippen molar-refractivity contribution in [2.75, 3.05) is 31.1 Å². The van der Waals surface area contributed by atoms with Gasteiger partial charge in [-0.2, -0.15) is 5.10 Å². The van der Waals surface area contributed by atoms with Gasteiger partial charge in [-0.1, -0.05) is 11.6 Å². The van der Waals surface area contributed by atoms with Crippen LogP contribution in [0.2, 0.25) is 5.02 Å². The van der Waals surface area contributed by atoms with Crippen LogP contribution in [0.3, 0.4) is 0 Å². The second-order valence-electron chi connectivity index (χ2n) is 5.60. The summed E-state index contributed by atoms with van der Waals surface area (Å²) in [6.07, 6.45) is 4.77. The van der Waals surface area contributed by atoms with Crippen LogP contribution < -0.4 is 4.90 Å². The topological polar surface area (TPSA) is 37.2 Å². The summed E-state index contributed by atoms with van der Waals surface area (Å²) in [6.45, 7) is 6.73. The number of halogens is 2. The second-order valence-corrected chi connectivity index (χ2v) is 6.04. The van der Waals surface area contributed by atoms with E-state index in [1.807, 2.05) is 10.9 Å². The van der Waals surface area contributed by atoms with E-state index in [1.54, 1.807) is 12.3 Å². The van der Waals surface area contributed by atoms with E-state index in [1.165, 1.54) is 12.3 Å². The van der Waals surface area contributed by atoms with Crippen molar-refractivity contribution in [1.82, 2.24) is 19.7 Å². The number of aromatic nitrogens is 3. The predicted molar refractivity (Wildman–Crippen MR) is 84.7 cm³/mol. The van der Waals surface area contributed by atoms with Crippen molar-refractivity contribution < 1.29 is 4.39 Å². The summed E-state index contributed by atoms with van der Waals surface area (Å²) < 4.78 is 14.8. The number of pyridine rings is 1. The minimum atomic E-state index is -0.298. The van der Waals surface area contributed by atoms with Crippen molar-refractivity contribution in [2.24, 2.45) is 0 Å². The molecule has 0 bridgehead atoms. The zero-order valence-electron chi connectivity index (χ0n) is 12.5. The molecular formula is C15H19ClFN5. The zero-order valence-corrected chi connectivity index (χ0v) is 13.2. The van der Waals surface area contributed by atoms with E-state index in [0.29, 0.717) is 11.1 Å². The Balaban J connectivity index is 1.54. The molecule has 1 fully saturated rings. The Kier molecular flexibility index (Phi) is 4.59. The predicted octanol–water partition coefficient (Wildman–Crippen LogP) is 2.28. The Labute approximate surface area is 134 Å². The standard InChI is InChI=1S/C15H19ClFN5/c1-12-10-20(4-6-21-11-13(16)8-19-21)5-7-22(12)15-3-2-14(17)9-18-15/h2-3,8-9,11-12H,4-7,10H2,1H3. The molecule has 0 aromatic carbocycles. The second kappa shape index (κ2) is 6.62. The molecule has 1 aliphatic rings. The van der Waals surface area contributed by atoms with Gasteiger partial charge in [-0.05, 0) is 19.1 Å². The summed E-state index contributed by atoms with van der Waals surface area (Å²) in [7, 11) is 0.